The highest BCUT2D eigenvalue weighted by molar-refractivity contribution is 6.13. The van der Waals surface area contributed by atoms with Crippen molar-refractivity contribution in [2.24, 2.45) is 0 Å². The summed E-state index contributed by atoms with van der Waals surface area (Å²) in [6, 6.07) is 40.6. The van der Waals surface area contributed by atoms with E-state index in [1.807, 2.05) is 60.7 Å². The van der Waals surface area contributed by atoms with Crippen molar-refractivity contribution < 1.29 is 12.3 Å². The minimum Gasteiger partial charge on any atom is -0.309 e. The molecule has 0 saturated carbocycles. The first-order valence-corrected chi connectivity index (χ1v) is 17.8. The SMILES string of the molecule is [2H]c1cc([2H])c(-c2cccc3c2-c2cc(-n4c5ccccc5c5cc(-c6ccc7c(c6)c6ccccc6n7-c6c([2H])c([2H])c([2H])c([2H])c6[2H])ccc54)ccc2C3(C)C)c([2H])c1[2H]. The molecule has 2 heterocycles. The lowest BCUT2D eigenvalue weighted by Gasteiger charge is -2.22. The number of fused-ring (bicyclic) bond motifs is 9. The normalized spacial score (nSPS) is 15.6. The highest BCUT2D eigenvalue weighted by Crippen LogP contribution is 2.53. The van der Waals surface area contributed by atoms with E-state index in [4.69, 9.17) is 12.3 Å². The molecule has 53 heavy (non-hydrogen) atoms. The van der Waals surface area contributed by atoms with Crippen LogP contribution in [0.25, 0.3) is 88.4 Å². The largest absolute Gasteiger partial charge is 0.309 e. The minimum absolute atomic E-state index is 0.0592. The van der Waals surface area contributed by atoms with Gasteiger partial charge in [0.05, 0.1) is 34.4 Å². The fourth-order valence-electron chi connectivity index (χ4n) is 8.74. The lowest BCUT2D eigenvalue weighted by molar-refractivity contribution is 0.660. The van der Waals surface area contributed by atoms with Gasteiger partial charge < -0.3 is 9.13 Å². The Morgan fingerprint density at radius 2 is 1.04 bits per heavy atom. The summed E-state index contributed by atoms with van der Waals surface area (Å²) in [7, 11) is 0. The molecule has 8 aromatic carbocycles. The van der Waals surface area contributed by atoms with Crippen molar-refractivity contribution >= 4 is 43.6 Å². The van der Waals surface area contributed by atoms with Crippen LogP contribution in [0.3, 0.4) is 0 Å². The summed E-state index contributed by atoms with van der Waals surface area (Å²) in [6.07, 6.45) is 0. The molecule has 0 unspecified atom stereocenters. The molecular formula is C51H36N2. The third-order valence-electron chi connectivity index (χ3n) is 11.1. The maximum Gasteiger partial charge on any atom is 0.0645 e. The molecule has 1 aliphatic rings. The van der Waals surface area contributed by atoms with E-state index in [0.717, 1.165) is 88.2 Å². The summed E-state index contributed by atoms with van der Waals surface area (Å²) in [5.74, 6) is 0. The second-order valence-corrected chi connectivity index (χ2v) is 14.3. The van der Waals surface area contributed by atoms with Gasteiger partial charge in [-0.1, -0.05) is 135 Å². The van der Waals surface area contributed by atoms with Crippen molar-refractivity contribution in [3.8, 4) is 44.8 Å². The van der Waals surface area contributed by atoms with E-state index in [0.29, 0.717) is 5.56 Å². The predicted molar refractivity (Wildman–Crippen MR) is 224 cm³/mol. The molecule has 0 N–H and O–H groups in total. The van der Waals surface area contributed by atoms with Gasteiger partial charge in [0.15, 0.2) is 0 Å². The first kappa shape index (κ1) is 22.3. The van der Waals surface area contributed by atoms with Gasteiger partial charge in [-0.3, -0.25) is 0 Å². The van der Waals surface area contributed by atoms with E-state index < -0.39 is 6.04 Å². The van der Waals surface area contributed by atoms with Crippen molar-refractivity contribution in [1.29, 1.82) is 0 Å². The average molecular weight is 686 g/mol. The first-order valence-electron chi connectivity index (χ1n) is 22.3. The predicted octanol–water partition coefficient (Wildman–Crippen LogP) is 13.5. The molecule has 0 atom stereocenters. The monoisotopic (exact) mass is 685 g/mol. The fourth-order valence-corrected chi connectivity index (χ4v) is 8.74. The third kappa shape index (κ3) is 4.33. The Morgan fingerprint density at radius 1 is 0.415 bits per heavy atom. The Morgan fingerprint density at radius 3 is 1.74 bits per heavy atom. The van der Waals surface area contributed by atoms with Gasteiger partial charge in [-0.05, 0) is 105 Å². The van der Waals surface area contributed by atoms with Gasteiger partial charge in [0.1, 0.15) is 0 Å². The number of hydrogen-bond donors (Lipinski definition) is 0. The fraction of sp³-hybridized carbons (Fsp3) is 0.0588. The average Bonchev–Trinajstić information content (AvgIpc) is 3.86. The van der Waals surface area contributed by atoms with E-state index in [9.17, 15) is 0 Å². The van der Waals surface area contributed by atoms with Gasteiger partial charge in [0.25, 0.3) is 0 Å². The van der Waals surface area contributed by atoms with E-state index in [1.165, 1.54) is 6.07 Å². The van der Waals surface area contributed by atoms with Crippen LogP contribution in [-0.4, -0.2) is 9.13 Å². The number of rotatable bonds is 4. The maximum absolute atomic E-state index is 8.86. The van der Waals surface area contributed by atoms with Crippen molar-refractivity contribution in [3.05, 3.63) is 193 Å². The smallest absolute Gasteiger partial charge is 0.0645 e. The first-order chi connectivity index (χ1) is 29.8. The summed E-state index contributed by atoms with van der Waals surface area (Å²) >= 11 is 0. The molecule has 10 aromatic rings. The number of benzene rings is 8. The van der Waals surface area contributed by atoms with Crippen LogP contribution in [0.1, 0.15) is 37.3 Å². The van der Waals surface area contributed by atoms with Gasteiger partial charge in [0, 0.05) is 38.3 Å². The highest BCUT2D eigenvalue weighted by Gasteiger charge is 2.37. The zero-order valence-electron chi connectivity index (χ0n) is 38.0. The molecule has 0 radical (unpaired) electrons. The Kier molecular flexibility index (Phi) is 4.71. The van der Waals surface area contributed by atoms with E-state index in [-0.39, 0.29) is 59.4 Å². The van der Waals surface area contributed by atoms with Gasteiger partial charge in [0.2, 0.25) is 0 Å². The van der Waals surface area contributed by atoms with Crippen LogP contribution in [0.4, 0.5) is 0 Å². The Hall–Kier alpha value is -6.64. The number of aromatic nitrogens is 2. The van der Waals surface area contributed by atoms with Crippen LogP contribution in [-0.2, 0) is 5.41 Å². The topological polar surface area (TPSA) is 9.86 Å². The molecule has 2 aromatic heterocycles. The summed E-state index contributed by atoms with van der Waals surface area (Å²) in [5, 5.41) is 3.96. The molecule has 0 amide bonds. The Labute approximate surface area is 321 Å². The van der Waals surface area contributed by atoms with Crippen LogP contribution in [0.15, 0.2) is 182 Å². The molecule has 0 bridgehead atoms. The van der Waals surface area contributed by atoms with Crippen LogP contribution in [0, 0.1) is 0 Å². The zero-order chi connectivity index (χ0) is 43.1. The van der Waals surface area contributed by atoms with Crippen LogP contribution in [0.2, 0.25) is 0 Å². The molecule has 0 fully saturated rings. The molecule has 0 aliphatic heterocycles. The van der Waals surface area contributed by atoms with Crippen LogP contribution < -0.4 is 0 Å². The molecule has 1 aliphatic carbocycles. The summed E-state index contributed by atoms with van der Waals surface area (Å²) in [6.45, 7) is 4.39. The lowest BCUT2D eigenvalue weighted by atomic mass is 9.82. The highest BCUT2D eigenvalue weighted by atomic mass is 15.0. The number of nitrogens with zero attached hydrogens (tertiary/aromatic N) is 2. The lowest BCUT2D eigenvalue weighted by Crippen LogP contribution is -2.15. The summed E-state index contributed by atoms with van der Waals surface area (Å²) < 4.78 is 80.9. The van der Waals surface area contributed by atoms with E-state index in [1.54, 1.807) is 4.57 Å². The second-order valence-electron chi connectivity index (χ2n) is 14.3. The summed E-state index contributed by atoms with van der Waals surface area (Å²) in [5.41, 5.74) is 11.5. The Balaban J connectivity index is 1.09. The summed E-state index contributed by atoms with van der Waals surface area (Å²) in [4.78, 5) is 0. The molecule has 250 valence electrons. The molecule has 0 saturated heterocycles. The maximum atomic E-state index is 8.86. The molecular weight excluding hydrogens is 641 g/mol. The molecule has 0 spiro atoms. The molecule has 11 rings (SSSR count). The van der Waals surface area contributed by atoms with Crippen molar-refractivity contribution in [2.75, 3.05) is 0 Å². The van der Waals surface area contributed by atoms with Gasteiger partial charge in [-0.25, -0.2) is 0 Å². The van der Waals surface area contributed by atoms with Crippen LogP contribution >= 0.6 is 0 Å². The Bertz CT molecular complexity index is 3590. The van der Waals surface area contributed by atoms with E-state index >= 15 is 0 Å². The van der Waals surface area contributed by atoms with E-state index in [2.05, 4.69) is 79.1 Å². The van der Waals surface area contributed by atoms with Gasteiger partial charge in [-0.15, -0.1) is 0 Å². The minimum atomic E-state index is -0.425. The molecule has 2 nitrogen and oxygen atoms in total. The second kappa shape index (κ2) is 11.2. The third-order valence-corrected chi connectivity index (χ3v) is 11.1. The van der Waals surface area contributed by atoms with Crippen molar-refractivity contribution in [3.63, 3.8) is 0 Å². The quantitative estimate of drug-likeness (QED) is 0.174. The molecule has 2 heteroatoms. The number of hydrogen-bond acceptors (Lipinski definition) is 0. The van der Waals surface area contributed by atoms with Crippen molar-refractivity contribution in [1.82, 2.24) is 9.13 Å². The zero-order valence-corrected chi connectivity index (χ0v) is 29.0. The standard InChI is InChI=1S/C51H36N2/c1-51(2)44-27-26-37(32-43(44)50-38(20-13-21-45(50)51)33-14-5-3-6-15-33)53-47-23-12-10-19-40(47)42-31-35(25-29-49(42)53)34-24-28-48-41(30-34)39-18-9-11-22-46(39)52(48)36-16-7-4-8-17-36/h3-32H,1-2H3/i3D,4D,5D,7D,8D,14D,15D,16D,17D. The van der Waals surface area contributed by atoms with Gasteiger partial charge >= 0.3 is 0 Å². The van der Waals surface area contributed by atoms with Crippen molar-refractivity contribution in [2.45, 2.75) is 19.3 Å². The van der Waals surface area contributed by atoms with Crippen LogP contribution in [0.5, 0.6) is 0 Å². The van der Waals surface area contributed by atoms with Gasteiger partial charge in [-0.2, -0.15) is 0 Å². The number of para-hydroxylation sites is 3.